The van der Waals surface area contributed by atoms with E-state index < -0.39 is 21.7 Å². The van der Waals surface area contributed by atoms with Gasteiger partial charge in [0.1, 0.15) is 0 Å². The van der Waals surface area contributed by atoms with Crippen molar-refractivity contribution in [3.63, 3.8) is 0 Å². The van der Waals surface area contributed by atoms with Gasteiger partial charge in [0.25, 0.3) is 0 Å². The molecule has 4 heteroatoms. The zero-order valence-corrected chi connectivity index (χ0v) is 14.7. The SMILES string of the molecule is N#CC1(C#N)CC2(CC2)C(c2ccccc2)(c2ccccc2)C1(C#N)C#N. The maximum absolute atomic E-state index is 10.4. The third-order valence-electron chi connectivity index (χ3n) is 6.59. The number of hydrogen-bond donors (Lipinski definition) is 0. The minimum absolute atomic E-state index is 0.234. The largest absolute Gasteiger partial charge is 0.196 e. The van der Waals surface area contributed by atoms with Gasteiger partial charge in [-0.05, 0) is 35.8 Å². The van der Waals surface area contributed by atoms with Crippen LogP contribution in [0.15, 0.2) is 60.7 Å². The molecule has 0 radical (unpaired) electrons. The fourth-order valence-corrected chi connectivity index (χ4v) is 5.44. The summed E-state index contributed by atoms with van der Waals surface area (Å²) in [7, 11) is 0. The van der Waals surface area contributed by atoms with Crippen molar-refractivity contribution in [1.82, 2.24) is 0 Å². The lowest BCUT2D eigenvalue weighted by Crippen LogP contribution is -2.51. The van der Waals surface area contributed by atoms with Crippen LogP contribution in [0.3, 0.4) is 0 Å². The van der Waals surface area contributed by atoms with Gasteiger partial charge in [-0.25, -0.2) is 0 Å². The van der Waals surface area contributed by atoms with Crippen LogP contribution in [0, 0.1) is 61.6 Å². The molecule has 0 unspecified atom stereocenters. The normalized spacial score (nSPS) is 21.9. The molecule has 2 fully saturated rings. The van der Waals surface area contributed by atoms with E-state index in [0.29, 0.717) is 0 Å². The van der Waals surface area contributed by atoms with E-state index in [9.17, 15) is 21.0 Å². The van der Waals surface area contributed by atoms with Crippen molar-refractivity contribution in [1.29, 1.82) is 21.0 Å². The quantitative estimate of drug-likeness (QED) is 0.811. The summed E-state index contributed by atoms with van der Waals surface area (Å²) >= 11 is 0. The second-order valence-electron chi connectivity index (χ2n) is 7.54. The number of rotatable bonds is 2. The van der Waals surface area contributed by atoms with Crippen LogP contribution in [0.1, 0.15) is 30.4 Å². The molecule has 4 rings (SSSR count). The van der Waals surface area contributed by atoms with Crippen molar-refractivity contribution in [3.05, 3.63) is 71.8 Å². The topological polar surface area (TPSA) is 95.2 Å². The molecule has 4 nitrogen and oxygen atoms in total. The summed E-state index contributed by atoms with van der Waals surface area (Å²) in [5.74, 6) is 0. The number of hydrogen-bond acceptors (Lipinski definition) is 4. The zero-order valence-electron chi connectivity index (χ0n) is 14.7. The van der Waals surface area contributed by atoms with Crippen LogP contribution in [-0.2, 0) is 5.41 Å². The molecule has 0 aromatic heterocycles. The lowest BCUT2D eigenvalue weighted by Gasteiger charge is -2.44. The molecule has 2 aromatic rings. The molecule has 2 saturated carbocycles. The highest BCUT2D eigenvalue weighted by atomic mass is 14.8. The first-order chi connectivity index (χ1) is 13.1. The predicted molar refractivity (Wildman–Crippen MR) is 97.3 cm³/mol. The Morgan fingerprint density at radius 2 is 1.07 bits per heavy atom. The standard InChI is InChI=1S/C23H16N4/c24-14-21(15-25)13-20(11-12-20)23(22(21,16-26)17-27,18-7-3-1-4-8-18)19-9-5-2-6-10-19/h1-10H,11-13H2. The molecule has 2 aliphatic rings. The van der Waals surface area contributed by atoms with Gasteiger partial charge in [-0.2, -0.15) is 21.0 Å². The van der Waals surface area contributed by atoms with Crippen LogP contribution >= 0.6 is 0 Å². The lowest BCUT2D eigenvalue weighted by molar-refractivity contribution is 0.235. The van der Waals surface area contributed by atoms with Gasteiger partial charge in [0.15, 0.2) is 10.8 Å². The Balaban J connectivity index is 2.22. The van der Waals surface area contributed by atoms with Gasteiger partial charge in [0, 0.05) is 0 Å². The molecule has 0 amide bonds. The molecule has 0 atom stereocenters. The first-order valence-electron chi connectivity index (χ1n) is 8.88. The highest BCUT2D eigenvalue weighted by Crippen LogP contribution is 2.80. The number of benzene rings is 2. The Morgan fingerprint density at radius 3 is 1.41 bits per heavy atom. The maximum Gasteiger partial charge on any atom is 0.189 e. The predicted octanol–water partition coefficient (Wildman–Crippen LogP) is 4.22. The summed E-state index contributed by atoms with van der Waals surface area (Å²) in [4.78, 5) is 0. The molecule has 0 aliphatic heterocycles. The molecule has 27 heavy (non-hydrogen) atoms. The smallest absolute Gasteiger partial charge is 0.189 e. The third-order valence-corrected chi connectivity index (χ3v) is 6.59. The van der Waals surface area contributed by atoms with Gasteiger partial charge < -0.3 is 0 Å². The molecule has 128 valence electrons. The highest BCUT2D eigenvalue weighted by molar-refractivity contribution is 5.60. The van der Waals surface area contributed by atoms with Crippen molar-refractivity contribution in [2.24, 2.45) is 16.2 Å². The van der Waals surface area contributed by atoms with E-state index in [2.05, 4.69) is 24.3 Å². The van der Waals surface area contributed by atoms with Crippen LogP contribution in [-0.4, -0.2) is 0 Å². The van der Waals surface area contributed by atoms with E-state index in [-0.39, 0.29) is 6.42 Å². The summed E-state index contributed by atoms with van der Waals surface area (Å²) in [6, 6.07) is 27.6. The average molecular weight is 348 g/mol. The summed E-state index contributed by atoms with van der Waals surface area (Å²) in [5, 5.41) is 40.8. The summed E-state index contributed by atoms with van der Waals surface area (Å²) < 4.78 is 0. The van der Waals surface area contributed by atoms with Crippen LogP contribution in [0.4, 0.5) is 0 Å². The molecule has 0 saturated heterocycles. The van der Waals surface area contributed by atoms with Gasteiger partial charge in [0.05, 0.1) is 29.7 Å². The zero-order chi connectivity index (χ0) is 19.2. The van der Waals surface area contributed by atoms with E-state index in [1.54, 1.807) is 0 Å². The Bertz CT molecular complexity index is 986. The van der Waals surface area contributed by atoms with Crippen molar-refractivity contribution < 1.29 is 0 Å². The minimum atomic E-state index is -1.80. The van der Waals surface area contributed by atoms with Crippen LogP contribution < -0.4 is 0 Å². The number of nitrogens with zero attached hydrogens (tertiary/aromatic N) is 4. The Kier molecular flexibility index (Phi) is 3.40. The van der Waals surface area contributed by atoms with Crippen molar-refractivity contribution in [2.45, 2.75) is 24.7 Å². The molecule has 0 N–H and O–H groups in total. The number of nitriles is 4. The van der Waals surface area contributed by atoms with Crippen LogP contribution in [0.2, 0.25) is 0 Å². The van der Waals surface area contributed by atoms with E-state index >= 15 is 0 Å². The average Bonchev–Trinajstić information content (AvgIpc) is 3.47. The Hall–Kier alpha value is -3.60. The second-order valence-corrected chi connectivity index (χ2v) is 7.54. The monoisotopic (exact) mass is 348 g/mol. The molecular formula is C23H16N4. The molecule has 0 heterocycles. The molecule has 0 bridgehead atoms. The fraction of sp³-hybridized carbons (Fsp3) is 0.304. The molecule has 1 spiro atoms. The van der Waals surface area contributed by atoms with Gasteiger partial charge in [-0.1, -0.05) is 60.7 Å². The second kappa shape index (κ2) is 5.45. The van der Waals surface area contributed by atoms with Gasteiger partial charge >= 0.3 is 0 Å². The van der Waals surface area contributed by atoms with E-state index in [0.717, 1.165) is 24.0 Å². The maximum atomic E-state index is 10.4. The van der Waals surface area contributed by atoms with Crippen LogP contribution in [0.25, 0.3) is 0 Å². The summed E-state index contributed by atoms with van der Waals surface area (Å²) in [5.41, 5.74) is -3.32. The first kappa shape index (κ1) is 16.8. The molecular weight excluding hydrogens is 332 g/mol. The van der Waals surface area contributed by atoms with E-state index in [4.69, 9.17) is 0 Å². The van der Waals surface area contributed by atoms with Crippen molar-refractivity contribution in [3.8, 4) is 24.3 Å². The van der Waals surface area contributed by atoms with Gasteiger partial charge in [0.2, 0.25) is 0 Å². The summed E-state index contributed by atoms with van der Waals surface area (Å²) in [6.07, 6.45) is 1.80. The summed E-state index contributed by atoms with van der Waals surface area (Å²) in [6.45, 7) is 0. The molecule has 2 aliphatic carbocycles. The van der Waals surface area contributed by atoms with Crippen molar-refractivity contribution in [2.75, 3.05) is 0 Å². The highest BCUT2D eigenvalue weighted by Gasteiger charge is 2.84. The van der Waals surface area contributed by atoms with E-state index in [1.807, 2.05) is 60.7 Å². The van der Waals surface area contributed by atoms with Crippen molar-refractivity contribution >= 4 is 0 Å². The van der Waals surface area contributed by atoms with E-state index in [1.165, 1.54) is 0 Å². The minimum Gasteiger partial charge on any atom is -0.196 e. The van der Waals surface area contributed by atoms with Crippen LogP contribution in [0.5, 0.6) is 0 Å². The third kappa shape index (κ3) is 1.68. The fourth-order valence-electron chi connectivity index (χ4n) is 5.44. The lowest BCUT2D eigenvalue weighted by atomic mass is 9.51. The van der Waals surface area contributed by atoms with Gasteiger partial charge in [-0.15, -0.1) is 0 Å². The van der Waals surface area contributed by atoms with Gasteiger partial charge in [-0.3, -0.25) is 0 Å². The Morgan fingerprint density at radius 1 is 0.630 bits per heavy atom. The first-order valence-corrected chi connectivity index (χ1v) is 8.88. The molecule has 2 aromatic carbocycles. The Labute approximate surface area is 158 Å².